The first-order valence-electron chi connectivity index (χ1n) is 9.49. The summed E-state index contributed by atoms with van der Waals surface area (Å²) in [6.45, 7) is 0. The minimum absolute atomic E-state index is 0.223. The van der Waals surface area contributed by atoms with Gasteiger partial charge in [0.1, 0.15) is 5.75 Å². The molecular formula is C24H22N2O5. The van der Waals surface area contributed by atoms with Crippen LogP contribution >= 0.6 is 0 Å². The number of hydrogen-bond acceptors (Lipinski definition) is 6. The van der Waals surface area contributed by atoms with Crippen LogP contribution in [0.1, 0.15) is 21.5 Å². The molecule has 7 nitrogen and oxygen atoms in total. The van der Waals surface area contributed by atoms with Crippen LogP contribution in [-0.4, -0.2) is 32.3 Å². The number of benzene rings is 3. The van der Waals surface area contributed by atoms with Crippen LogP contribution in [0.5, 0.6) is 17.2 Å². The molecule has 0 heterocycles. The number of carbonyl (C=O) groups excluding carboxylic acids is 2. The number of hydrazone groups is 1. The third-order valence-corrected chi connectivity index (χ3v) is 4.33. The smallest absolute Gasteiger partial charge is 0.343 e. The average molecular weight is 418 g/mol. The molecule has 0 aromatic heterocycles. The second kappa shape index (κ2) is 10.6. The zero-order valence-corrected chi connectivity index (χ0v) is 17.2. The second-order valence-electron chi connectivity index (χ2n) is 6.48. The van der Waals surface area contributed by atoms with Gasteiger partial charge in [-0.2, -0.15) is 5.10 Å². The van der Waals surface area contributed by atoms with E-state index in [9.17, 15) is 9.59 Å². The van der Waals surface area contributed by atoms with Crippen molar-refractivity contribution in [1.82, 2.24) is 5.43 Å². The van der Waals surface area contributed by atoms with Crippen LogP contribution in [0.15, 0.2) is 77.9 Å². The molecule has 0 fully saturated rings. The highest BCUT2D eigenvalue weighted by Gasteiger charge is 2.13. The van der Waals surface area contributed by atoms with E-state index >= 15 is 0 Å². The van der Waals surface area contributed by atoms with Gasteiger partial charge in [-0.1, -0.05) is 30.3 Å². The van der Waals surface area contributed by atoms with Gasteiger partial charge in [0.15, 0.2) is 11.5 Å². The molecule has 3 aromatic rings. The van der Waals surface area contributed by atoms with Gasteiger partial charge in [0, 0.05) is 0 Å². The van der Waals surface area contributed by atoms with Gasteiger partial charge in [0.2, 0.25) is 5.91 Å². The Hall–Kier alpha value is -4.13. The molecule has 0 saturated carbocycles. The van der Waals surface area contributed by atoms with Crippen LogP contribution < -0.4 is 19.6 Å². The lowest BCUT2D eigenvalue weighted by Crippen LogP contribution is -2.19. The zero-order chi connectivity index (χ0) is 22.1. The summed E-state index contributed by atoms with van der Waals surface area (Å²) in [5, 5.41) is 3.97. The van der Waals surface area contributed by atoms with E-state index in [1.54, 1.807) is 49.6 Å². The van der Waals surface area contributed by atoms with Crippen molar-refractivity contribution in [3.8, 4) is 17.2 Å². The van der Waals surface area contributed by atoms with Gasteiger partial charge in [-0.05, 0) is 53.6 Å². The van der Waals surface area contributed by atoms with Crippen molar-refractivity contribution >= 4 is 18.1 Å². The molecule has 31 heavy (non-hydrogen) atoms. The molecule has 0 saturated heterocycles. The van der Waals surface area contributed by atoms with Crippen LogP contribution in [0.2, 0.25) is 0 Å². The fourth-order valence-corrected chi connectivity index (χ4v) is 2.73. The van der Waals surface area contributed by atoms with Gasteiger partial charge < -0.3 is 14.2 Å². The molecule has 0 atom stereocenters. The maximum atomic E-state index is 12.4. The average Bonchev–Trinajstić information content (AvgIpc) is 2.80. The number of methoxy groups -OCH3 is 2. The Morgan fingerprint density at radius 3 is 2.32 bits per heavy atom. The van der Waals surface area contributed by atoms with Crippen LogP contribution in [0.3, 0.4) is 0 Å². The second-order valence-corrected chi connectivity index (χ2v) is 6.48. The number of rotatable bonds is 8. The Morgan fingerprint density at radius 1 is 0.903 bits per heavy atom. The Kier molecular flexibility index (Phi) is 7.37. The lowest BCUT2D eigenvalue weighted by molar-refractivity contribution is -0.120. The normalized spacial score (nSPS) is 10.5. The molecule has 0 spiro atoms. The summed E-state index contributed by atoms with van der Waals surface area (Å²) in [5.41, 5.74) is 4.44. The predicted molar refractivity (Wildman–Crippen MR) is 117 cm³/mol. The molecule has 0 aliphatic heterocycles. The summed E-state index contributed by atoms with van der Waals surface area (Å²) >= 11 is 0. The fraction of sp³-hybridized carbons (Fsp3) is 0.125. The molecule has 7 heteroatoms. The first-order chi connectivity index (χ1) is 15.1. The van der Waals surface area contributed by atoms with Gasteiger partial charge in [-0.3, -0.25) is 4.79 Å². The highest BCUT2D eigenvalue weighted by Crippen LogP contribution is 2.28. The Bertz CT molecular complexity index is 1060. The van der Waals surface area contributed by atoms with E-state index in [4.69, 9.17) is 14.2 Å². The molecule has 158 valence electrons. The Morgan fingerprint density at radius 2 is 1.65 bits per heavy atom. The minimum Gasteiger partial charge on any atom is -0.497 e. The number of carbonyl (C=O) groups is 2. The van der Waals surface area contributed by atoms with E-state index in [2.05, 4.69) is 10.5 Å². The number of ether oxygens (including phenoxy) is 3. The summed E-state index contributed by atoms with van der Waals surface area (Å²) in [6, 6.07) is 21.0. The molecule has 0 aliphatic rings. The molecule has 0 unspecified atom stereocenters. The van der Waals surface area contributed by atoms with Crippen molar-refractivity contribution in [1.29, 1.82) is 0 Å². The Balaban J connectivity index is 1.61. The maximum absolute atomic E-state index is 12.4. The Labute approximate surface area is 180 Å². The van der Waals surface area contributed by atoms with E-state index in [1.165, 1.54) is 13.3 Å². The molecular weight excluding hydrogens is 396 g/mol. The van der Waals surface area contributed by atoms with Crippen molar-refractivity contribution in [3.05, 3.63) is 89.5 Å². The molecule has 3 rings (SSSR count). The lowest BCUT2D eigenvalue weighted by Gasteiger charge is -2.10. The van der Waals surface area contributed by atoms with Crippen molar-refractivity contribution in [2.45, 2.75) is 6.42 Å². The van der Waals surface area contributed by atoms with Crippen molar-refractivity contribution in [2.75, 3.05) is 14.2 Å². The third kappa shape index (κ3) is 6.17. The van der Waals surface area contributed by atoms with Gasteiger partial charge in [0.25, 0.3) is 0 Å². The van der Waals surface area contributed by atoms with Crippen molar-refractivity contribution in [3.63, 3.8) is 0 Å². The quantitative estimate of drug-likeness (QED) is 0.261. The molecule has 0 radical (unpaired) electrons. The lowest BCUT2D eigenvalue weighted by atomic mass is 10.1. The standard InChI is InChI=1S/C24H22N2O5/c1-29-20-11-9-19(10-12-20)24(28)31-21-13-8-18(14-22(21)30-2)16-25-26-23(27)15-17-6-4-3-5-7-17/h3-14,16H,15H2,1-2H3,(H,26,27)/b25-16-. The molecule has 3 aromatic carbocycles. The summed E-state index contributed by atoms with van der Waals surface area (Å²) < 4.78 is 15.8. The summed E-state index contributed by atoms with van der Waals surface area (Å²) in [6.07, 6.45) is 1.72. The van der Waals surface area contributed by atoms with E-state index in [1.807, 2.05) is 30.3 Å². The number of nitrogens with zero attached hydrogens (tertiary/aromatic N) is 1. The van der Waals surface area contributed by atoms with Crippen LogP contribution in [0.25, 0.3) is 0 Å². The summed E-state index contributed by atoms with van der Waals surface area (Å²) in [5.74, 6) is 0.540. The number of hydrogen-bond donors (Lipinski definition) is 1. The molecule has 0 bridgehead atoms. The number of amides is 1. The maximum Gasteiger partial charge on any atom is 0.343 e. The SMILES string of the molecule is COc1ccc(C(=O)Oc2ccc(/C=N\NC(=O)Cc3ccccc3)cc2OC)cc1. The van der Waals surface area contributed by atoms with Gasteiger partial charge in [-0.25, -0.2) is 10.2 Å². The first kappa shape index (κ1) is 21.6. The van der Waals surface area contributed by atoms with Crippen LogP contribution in [-0.2, 0) is 11.2 Å². The third-order valence-electron chi connectivity index (χ3n) is 4.33. The fourth-order valence-electron chi connectivity index (χ4n) is 2.73. The highest BCUT2D eigenvalue weighted by atomic mass is 16.6. The predicted octanol–water partition coefficient (Wildman–Crippen LogP) is 3.62. The number of nitrogens with one attached hydrogen (secondary N) is 1. The van der Waals surface area contributed by atoms with Crippen LogP contribution in [0, 0.1) is 0 Å². The largest absolute Gasteiger partial charge is 0.497 e. The molecule has 1 N–H and O–H groups in total. The van der Waals surface area contributed by atoms with Crippen molar-refractivity contribution in [2.24, 2.45) is 5.10 Å². The van der Waals surface area contributed by atoms with E-state index in [0.29, 0.717) is 22.6 Å². The van der Waals surface area contributed by atoms with E-state index in [-0.39, 0.29) is 18.1 Å². The summed E-state index contributed by atoms with van der Waals surface area (Å²) in [7, 11) is 3.03. The van der Waals surface area contributed by atoms with Gasteiger partial charge in [-0.15, -0.1) is 0 Å². The van der Waals surface area contributed by atoms with Gasteiger partial charge in [0.05, 0.1) is 32.4 Å². The molecule has 0 aliphatic carbocycles. The minimum atomic E-state index is -0.518. The van der Waals surface area contributed by atoms with Crippen LogP contribution in [0.4, 0.5) is 0 Å². The molecule has 1 amide bonds. The zero-order valence-electron chi connectivity index (χ0n) is 17.2. The van der Waals surface area contributed by atoms with E-state index < -0.39 is 5.97 Å². The summed E-state index contributed by atoms with van der Waals surface area (Å²) in [4.78, 5) is 24.3. The topological polar surface area (TPSA) is 86.2 Å². The van der Waals surface area contributed by atoms with Gasteiger partial charge >= 0.3 is 5.97 Å². The monoisotopic (exact) mass is 418 g/mol. The highest BCUT2D eigenvalue weighted by molar-refractivity contribution is 5.92. The number of esters is 1. The first-order valence-corrected chi connectivity index (χ1v) is 9.49. The van der Waals surface area contributed by atoms with E-state index in [0.717, 1.165) is 5.56 Å². The van der Waals surface area contributed by atoms with Crippen molar-refractivity contribution < 1.29 is 23.8 Å².